The van der Waals surface area contributed by atoms with E-state index >= 15 is 0 Å². The highest BCUT2D eigenvalue weighted by Crippen LogP contribution is 2.19. The van der Waals surface area contributed by atoms with Gasteiger partial charge in [-0.05, 0) is 32.1 Å². The van der Waals surface area contributed by atoms with Gasteiger partial charge in [-0.2, -0.15) is 0 Å². The third kappa shape index (κ3) is 6.23. The summed E-state index contributed by atoms with van der Waals surface area (Å²) in [6, 6.07) is 0. The molecule has 0 spiro atoms. The lowest BCUT2D eigenvalue weighted by atomic mass is 9.97. The molecule has 0 aromatic heterocycles. The molecule has 2 N–H and O–H groups in total. The van der Waals surface area contributed by atoms with Crippen molar-refractivity contribution in [2.75, 3.05) is 13.1 Å². The van der Waals surface area contributed by atoms with Gasteiger partial charge in [0, 0.05) is 13.1 Å². The summed E-state index contributed by atoms with van der Waals surface area (Å²) in [6.07, 6.45) is 9.50. The molecule has 1 aliphatic rings. The number of hydrogen-bond acceptors (Lipinski definition) is 2. The number of amides is 2. The van der Waals surface area contributed by atoms with Gasteiger partial charge < -0.3 is 10.6 Å². The lowest BCUT2D eigenvalue weighted by Crippen LogP contribution is -2.32. The molecule has 18 heavy (non-hydrogen) atoms. The summed E-state index contributed by atoms with van der Waals surface area (Å²) in [5, 5.41) is 5.34. The van der Waals surface area contributed by atoms with E-state index in [1.165, 1.54) is 18.4 Å². The maximum absolute atomic E-state index is 11.4. The molecular weight excluding hydrogens is 228 g/mol. The molecule has 0 aliphatic heterocycles. The Hall–Kier alpha value is -1.58. The van der Waals surface area contributed by atoms with Crippen molar-refractivity contribution in [3.8, 4) is 0 Å². The van der Waals surface area contributed by atoms with Gasteiger partial charge in [-0.25, -0.2) is 0 Å². The Labute approximate surface area is 109 Å². The quantitative estimate of drug-likeness (QED) is 0.533. The van der Waals surface area contributed by atoms with Crippen molar-refractivity contribution in [1.82, 2.24) is 10.6 Å². The highest BCUT2D eigenvalue weighted by Gasteiger charge is 2.08. The molecule has 2 amide bonds. The monoisotopic (exact) mass is 250 g/mol. The first-order chi connectivity index (χ1) is 8.72. The Morgan fingerprint density at radius 3 is 2.72 bits per heavy atom. The standard InChI is InChI=1S/C14H22N2O2/c1-2-9-15-13(17)11-14(18)16-10-8-12-6-4-3-5-7-12/h2,6H,1,3-5,7-11H2,(H,15,17)(H,16,18). The highest BCUT2D eigenvalue weighted by atomic mass is 16.2. The van der Waals surface area contributed by atoms with Crippen LogP contribution in [0.4, 0.5) is 0 Å². The highest BCUT2D eigenvalue weighted by molar-refractivity contribution is 5.96. The lowest BCUT2D eigenvalue weighted by molar-refractivity contribution is -0.129. The molecule has 0 fully saturated rings. The van der Waals surface area contributed by atoms with E-state index in [-0.39, 0.29) is 18.2 Å². The summed E-state index contributed by atoms with van der Waals surface area (Å²) in [6.45, 7) is 4.52. The maximum atomic E-state index is 11.4. The van der Waals surface area contributed by atoms with E-state index in [0.717, 1.165) is 19.3 Å². The minimum Gasteiger partial charge on any atom is -0.355 e. The van der Waals surface area contributed by atoms with Crippen molar-refractivity contribution in [2.24, 2.45) is 0 Å². The zero-order valence-corrected chi connectivity index (χ0v) is 10.8. The molecule has 0 aromatic carbocycles. The molecule has 0 aromatic rings. The van der Waals surface area contributed by atoms with Crippen molar-refractivity contribution in [3.05, 3.63) is 24.3 Å². The van der Waals surface area contributed by atoms with Crippen LogP contribution in [-0.4, -0.2) is 24.9 Å². The first kappa shape index (κ1) is 14.5. The maximum Gasteiger partial charge on any atom is 0.229 e. The third-order valence-electron chi connectivity index (χ3n) is 2.92. The van der Waals surface area contributed by atoms with E-state index in [0.29, 0.717) is 13.1 Å². The topological polar surface area (TPSA) is 58.2 Å². The molecule has 0 saturated carbocycles. The molecule has 0 radical (unpaired) electrons. The van der Waals surface area contributed by atoms with E-state index in [4.69, 9.17) is 0 Å². The smallest absolute Gasteiger partial charge is 0.229 e. The average molecular weight is 250 g/mol. The Balaban J connectivity index is 2.11. The number of carbonyl (C=O) groups is 2. The second kappa shape index (κ2) is 8.50. The predicted octanol–water partition coefficient (Wildman–Crippen LogP) is 1.69. The van der Waals surface area contributed by atoms with Gasteiger partial charge in [0.1, 0.15) is 6.42 Å². The number of nitrogens with one attached hydrogen (secondary N) is 2. The summed E-state index contributed by atoms with van der Waals surface area (Å²) in [5.41, 5.74) is 1.43. The number of rotatable bonds is 7. The second-order valence-electron chi connectivity index (χ2n) is 4.48. The van der Waals surface area contributed by atoms with Crippen LogP contribution in [-0.2, 0) is 9.59 Å². The second-order valence-corrected chi connectivity index (χ2v) is 4.48. The molecule has 0 bridgehead atoms. The van der Waals surface area contributed by atoms with Gasteiger partial charge in [0.15, 0.2) is 0 Å². The Bertz CT molecular complexity index is 335. The minimum absolute atomic E-state index is 0.104. The molecule has 100 valence electrons. The molecule has 4 heteroatoms. The van der Waals surface area contributed by atoms with Crippen LogP contribution in [0.15, 0.2) is 24.3 Å². The fourth-order valence-corrected chi connectivity index (χ4v) is 1.95. The number of allylic oxidation sites excluding steroid dienone is 1. The Morgan fingerprint density at radius 1 is 1.28 bits per heavy atom. The van der Waals surface area contributed by atoms with E-state index in [1.54, 1.807) is 6.08 Å². The largest absolute Gasteiger partial charge is 0.355 e. The van der Waals surface area contributed by atoms with Crippen LogP contribution in [0, 0.1) is 0 Å². The van der Waals surface area contributed by atoms with E-state index in [1.807, 2.05) is 0 Å². The van der Waals surface area contributed by atoms with Gasteiger partial charge >= 0.3 is 0 Å². The normalized spacial score (nSPS) is 14.6. The summed E-state index contributed by atoms with van der Waals surface area (Å²) >= 11 is 0. The minimum atomic E-state index is -0.260. The fourth-order valence-electron chi connectivity index (χ4n) is 1.95. The molecule has 0 heterocycles. The zero-order valence-electron chi connectivity index (χ0n) is 10.8. The summed E-state index contributed by atoms with van der Waals surface area (Å²) in [5.74, 6) is -0.475. The summed E-state index contributed by atoms with van der Waals surface area (Å²) < 4.78 is 0. The Kier molecular flexibility index (Phi) is 6.84. The van der Waals surface area contributed by atoms with Gasteiger partial charge in [-0.3, -0.25) is 9.59 Å². The van der Waals surface area contributed by atoms with Crippen LogP contribution >= 0.6 is 0 Å². The fraction of sp³-hybridized carbons (Fsp3) is 0.571. The van der Waals surface area contributed by atoms with E-state index in [9.17, 15) is 9.59 Å². The first-order valence-corrected chi connectivity index (χ1v) is 6.54. The molecule has 1 aliphatic carbocycles. The predicted molar refractivity (Wildman–Crippen MR) is 72.0 cm³/mol. The van der Waals surface area contributed by atoms with Crippen LogP contribution in [0.5, 0.6) is 0 Å². The van der Waals surface area contributed by atoms with Crippen LogP contribution < -0.4 is 10.6 Å². The number of carbonyl (C=O) groups excluding carboxylic acids is 2. The molecular formula is C14H22N2O2. The summed E-state index contributed by atoms with van der Waals surface area (Å²) in [4.78, 5) is 22.7. The molecule has 4 nitrogen and oxygen atoms in total. The first-order valence-electron chi connectivity index (χ1n) is 6.54. The van der Waals surface area contributed by atoms with Crippen molar-refractivity contribution in [3.63, 3.8) is 0 Å². The number of hydrogen-bond donors (Lipinski definition) is 2. The van der Waals surface area contributed by atoms with Crippen molar-refractivity contribution in [2.45, 2.75) is 38.5 Å². The van der Waals surface area contributed by atoms with E-state index in [2.05, 4.69) is 23.3 Å². The third-order valence-corrected chi connectivity index (χ3v) is 2.92. The van der Waals surface area contributed by atoms with Crippen LogP contribution in [0.2, 0.25) is 0 Å². The van der Waals surface area contributed by atoms with Crippen LogP contribution in [0.25, 0.3) is 0 Å². The van der Waals surface area contributed by atoms with Crippen molar-refractivity contribution in [1.29, 1.82) is 0 Å². The van der Waals surface area contributed by atoms with Gasteiger partial charge in [-0.15, -0.1) is 6.58 Å². The Morgan fingerprint density at radius 2 is 2.06 bits per heavy atom. The molecule has 1 rings (SSSR count). The van der Waals surface area contributed by atoms with Crippen LogP contribution in [0.1, 0.15) is 38.5 Å². The zero-order chi connectivity index (χ0) is 13.2. The van der Waals surface area contributed by atoms with Crippen molar-refractivity contribution < 1.29 is 9.59 Å². The summed E-state index contributed by atoms with van der Waals surface area (Å²) in [7, 11) is 0. The lowest BCUT2D eigenvalue weighted by Gasteiger charge is -2.12. The molecule has 0 unspecified atom stereocenters. The van der Waals surface area contributed by atoms with Gasteiger partial charge in [-0.1, -0.05) is 17.7 Å². The SMILES string of the molecule is C=CCNC(=O)CC(=O)NCCC1=CCCCC1. The van der Waals surface area contributed by atoms with E-state index < -0.39 is 0 Å². The van der Waals surface area contributed by atoms with Gasteiger partial charge in [0.2, 0.25) is 11.8 Å². The van der Waals surface area contributed by atoms with Crippen molar-refractivity contribution >= 4 is 11.8 Å². The van der Waals surface area contributed by atoms with Crippen LogP contribution in [0.3, 0.4) is 0 Å². The molecule has 0 atom stereocenters. The van der Waals surface area contributed by atoms with Gasteiger partial charge in [0.25, 0.3) is 0 Å². The van der Waals surface area contributed by atoms with Gasteiger partial charge in [0.05, 0.1) is 0 Å². The molecule has 0 saturated heterocycles. The average Bonchev–Trinajstić information content (AvgIpc) is 2.37.